The highest BCUT2D eigenvalue weighted by Gasteiger charge is 2.22. The van der Waals surface area contributed by atoms with Gasteiger partial charge in [-0.2, -0.15) is 9.29 Å². The molecule has 0 aliphatic rings. The number of nitrogens with zero attached hydrogens (tertiary/aromatic N) is 2. The summed E-state index contributed by atoms with van der Waals surface area (Å²) in [6.07, 6.45) is 0. The van der Waals surface area contributed by atoms with Gasteiger partial charge in [-0.25, -0.2) is 8.42 Å². The van der Waals surface area contributed by atoms with Gasteiger partial charge < -0.3 is 9.73 Å². The molecule has 0 spiro atoms. The minimum Gasteiger partial charge on any atom is -0.424 e. The van der Waals surface area contributed by atoms with Crippen LogP contribution in [0.3, 0.4) is 0 Å². The molecule has 0 unspecified atom stereocenters. The van der Waals surface area contributed by atoms with E-state index in [0.29, 0.717) is 12.6 Å². The Kier molecular flexibility index (Phi) is 4.78. The van der Waals surface area contributed by atoms with Crippen LogP contribution in [0.15, 0.2) is 57.8 Å². The third kappa shape index (κ3) is 3.67. The SMILES string of the molecule is CC(C)N(C)S(=O)(=O)c1ccc(CNc2nc3ccccc3o2)cc1. The molecule has 2 aromatic carbocycles. The van der Waals surface area contributed by atoms with Crippen LogP contribution in [0, 0.1) is 0 Å². The van der Waals surface area contributed by atoms with Crippen LogP contribution in [0.4, 0.5) is 6.01 Å². The van der Waals surface area contributed by atoms with Crippen molar-refractivity contribution in [3.05, 3.63) is 54.1 Å². The lowest BCUT2D eigenvalue weighted by molar-refractivity contribution is 0.410. The fraction of sp³-hybridized carbons (Fsp3) is 0.278. The van der Waals surface area contributed by atoms with Gasteiger partial charge in [0.25, 0.3) is 6.01 Å². The predicted octanol–water partition coefficient (Wildman–Crippen LogP) is 3.47. The van der Waals surface area contributed by atoms with E-state index in [4.69, 9.17) is 4.42 Å². The Morgan fingerprint density at radius 1 is 1.12 bits per heavy atom. The Hall–Kier alpha value is -2.38. The number of nitrogens with one attached hydrogen (secondary N) is 1. The first-order valence-electron chi connectivity index (χ1n) is 8.04. The largest absolute Gasteiger partial charge is 0.424 e. The van der Waals surface area contributed by atoms with Gasteiger partial charge >= 0.3 is 0 Å². The molecule has 3 aromatic rings. The third-order valence-electron chi connectivity index (χ3n) is 4.07. The first-order valence-corrected chi connectivity index (χ1v) is 9.48. The number of fused-ring (bicyclic) bond motifs is 1. The number of oxazole rings is 1. The lowest BCUT2D eigenvalue weighted by Crippen LogP contribution is -2.33. The molecule has 6 nitrogen and oxygen atoms in total. The van der Waals surface area contributed by atoms with Crippen molar-refractivity contribution in [1.29, 1.82) is 0 Å². The van der Waals surface area contributed by atoms with E-state index in [9.17, 15) is 8.42 Å². The van der Waals surface area contributed by atoms with Crippen molar-refractivity contribution in [2.24, 2.45) is 0 Å². The summed E-state index contributed by atoms with van der Waals surface area (Å²) >= 11 is 0. The zero-order valence-corrected chi connectivity index (χ0v) is 15.2. The Morgan fingerprint density at radius 2 is 1.80 bits per heavy atom. The maximum Gasteiger partial charge on any atom is 0.295 e. The smallest absolute Gasteiger partial charge is 0.295 e. The molecule has 0 saturated carbocycles. The van der Waals surface area contributed by atoms with Gasteiger partial charge in [-0.05, 0) is 43.7 Å². The van der Waals surface area contributed by atoms with E-state index < -0.39 is 10.0 Å². The fourth-order valence-corrected chi connectivity index (χ4v) is 3.72. The van der Waals surface area contributed by atoms with Crippen LogP contribution >= 0.6 is 0 Å². The number of sulfonamides is 1. The second kappa shape index (κ2) is 6.85. The quantitative estimate of drug-likeness (QED) is 0.729. The Balaban J connectivity index is 1.70. The Labute approximate surface area is 147 Å². The monoisotopic (exact) mass is 359 g/mol. The van der Waals surface area contributed by atoms with Crippen LogP contribution < -0.4 is 5.32 Å². The van der Waals surface area contributed by atoms with E-state index >= 15 is 0 Å². The van der Waals surface area contributed by atoms with Gasteiger partial charge in [0.1, 0.15) is 5.52 Å². The summed E-state index contributed by atoms with van der Waals surface area (Å²) in [5.74, 6) is 0. The molecule has 0 aliphatic heterocycles. The summed E-state index contributed by atoms with van der Waals surface area (Å²) in [4.78, 5) is 4.63. The molecule has 0 radical (unpaired) electrons. The predicted molar refractivity (Wildman–Crippen MR) is 97.9 cm³/mol. The molecular weight excluding hydrogens is 338 g/mol. The Morgan fingerprint density at radius 3 is 2.44 bits per heavy atom. The molecule has 1 heterocycles. The number of para-hydroxylation sites is 2. The van der Waals surface area contributed by atoms with Gasteiger partial charge in [0.2, 0.25) is 10.0 Å². The molecular formula is C18H21N3O3S. The number of rotatable bonds is 6. The van der Waals surface area contributed by atoms with Crippen LogP contribution in [0.5, 0.6) is 0 Å². The van der Waals surface area contributed by atoms with Crippen molar-refractivity contribution in [3.8, 4) is 0 Å². The van der Waals surface area contributed by atoms with Crippen LogP contribution in [0.1, 0.15) is 19.4 Å². The number of hydrogen-bond donors (Lipinski definition) is 1. The standard InChI is InChI=1S/C18H21N3O3S/c1-13(2)21(3)25(22,23)15-10-8-14(9-11-15)12-19-18-20-16-6-4-5-7-17(16)24-18/h4-11,13H,12H2,1-3H3,(H,19,20). The minimum atomic E-state index is -3.46. The minimum absolute atomic E-state index is 0.0921. The molecule has 1 N–H and O–H groups in total. The van der Waals surface area contributed by atoms with Gasteiger partial charge in [0.05, 0.1) is 4.90 Å². The first-order chi connectivity index (χ1) is 11.9. The van der Waals surface area contributed by atoms with E-state index in [1.165, 1.54) is 4.31 Å². The lowest BCUT2D eigenvalue weighted by atomic mass is 10.2. The molecule has 0 fully saturated rings. The summed E-state index contributed by atoms with van der Waals surface area (Å²) in [6.45, 7) is 4.18. The van der Waals surface area contributed by atoms with Gasteiger partial charge in [-0.15, -0.1) is 0 Å². The molecule has 0 bridgehead atoms. The summed E-state index contributed by atoms with van der Waals surface area (Å²) in [5, 5.41) is 3.11. The summed E-state index contributed by atoms with van der Waals surface area (Å²) in [7, 11) is -1.87. The normalized spacial score (nSPS) is 12.2. The summed E-state index contributed by atoms with van der Waals surface area (Å²) in [6, 6.07) is 14.7. The molecule has 0 aliphatic carbocycles. The van der Waals surface area contributed by atoms with E-state index in [0.717, 1.165) is 16.7 Å². The zero-order valence-electron chi connectivity index (χ0n) is 14.4. The average Bonchev–Trinajstić information content (AvgIpc) is 3.02. The van der Waals surface area contributed by atoms with Gasteiger partial charge in [0, 0.05) is 19.6 Å². The van der Waals surface area contributed by atoms with Crippen molar-refractivity contribution in [2.45, 2.75) is 31.3 Å². The van der Waals surface area contributed by atoms with Crippen molar-refractivity contribution >= 4 is 27.1 Å². The van der Waals surface area contributed by atoms with Crippen molar-refractivity contribution in [2.75, 3.05) is 12.4 Å². The topological polar surface area (TPSA) is 75.4 Å². The molecule has 25 heavy (non-hydrogen) atoms. The average molecular weight is 359 g/mol. The van der Waals surface area contributed by atoms with E-state index in [1.807, 2.05) is 38.1 Å². The molecule has 0 amide bonds. The number of benzene rings is 2. The van der Waals surface area contributed by atoms with Crippen LogP contribution in [0.2, 0.25) is 0 Å². The van der Waals surface area contributed by atoms with Crippen molar-refractivity contribution < 1.29 is 12.8 Å². The first kappa shape index (κ1) is 17.4. The highest BCUT2D eigenvalue weighted by molar-refractivity contribution is 7.89. The zero-order chi connectivity index (χ0) is 18.0. The van der Waals surface area contributed by atoms with Crippen molar-refractivity contribution in [3.63, 3.8) is 0 Å². The molecule has 0 saturated heterocycles. The van der Waals surface area contributed by atoms with Crippen LogP contribution in [-0.4, -0.2) is 30.8 Å². The number of anilines is 1. The second-order valence-electron chi connectivity index (χ2n) is 6.10. The van der Waals surface area contributed by atoms with E-state index in [1.54, 1.807) is 31.3 Å². The number of hydrogen-bond acceptors (Lipinski definition) is 5. The van der Waals surface area contributed by atoms with Gasteiger partial charge in [-0.3, -0.25) is 0 Å². The molecule has 3 rings (SSSR count). The van der Waals surface area contributed by atoms with Crippen LogP contribution in [0.25, 0.3) is 11.1 Å². The maximum absolute atomic E-state index is 12.4. The van der Waals surface area contributed by atoms with Gasteiger partial charge in [0.15, 0.2) is 5.58 Å². The maximum atomic E-state index is 12.4. The highest BCUT2D eigenvalue weighted by Crippen LogP contribution is 2.20. The lowest BCUT2D eigenvalue weighted by Gasteiger charge is -2.21. The molecule has 1 aromatic heterocycles. The third-order valence-corrected chi connectivity index (χ3v) is 6.11. The molecule has 132 valence electrons. The second-order valence-corrected chi connectivity index (χ2v) is 8.10. The number of aromatic nitrogens is 1. The van der Waals surface area contributed by atoms with E-state index in [-0.39, 0.29) is 10.9 Å². The highest BCUT2D eigenvalue weighted by atomic mass is 32.2. The molecule has 7 heteroatoms. The van der Waals surface area contributed by atoms with E-state index in [2.05, 4.69) is 10.3 Å². The Bertz CT molecular complexity index is 930. The molecule has 0 atom stereocenters. The summed E-state index contributed by atoms with van der Waals surface area (Å²) < 4.78 is 31.9. The fourth-order valence-electron chi connectivity index (χ4n) is 2.35. The van der Waals surface area contributed by atoms with Crippen LogP contribution in [-0.2, 0) is 16.6 Å². The summed E-state index contributed by atoms with van der Waals surface area (Å²) in [5.41, 5.74) is 2.46. The van der Waals surface area contributed by atoms with Crippen molar-refractivity contribution in [1.82, 2.24) is 9.29 Å². The van der Waals surface area contributed by atoms with Gasteiger partial charge in [-0.1, -0.05) is 24.3 Å².